The number of fused-ring (bicyclic) bond motifs is 1. The van der Waals surface area contributed by atoms with Crippen LogP contribution in [0.1, 0.15) is 31.2 Å². The monoisotopic (exact) mass is 483 g/mol. The molecule has 4 rings (SSSR count). The third kappa shape index (κ3) is 6.06. The molecule has 0 saturated carbocycles. The van der Waals surface area contributed by atoms with E-state index in [1.807, 2.05) is 73.7 Å². The van der Waals surface area contributed by atoms with E-state index in [9.17, 15) is 18.0 Å². The predicted octanol–water partition coefficient (Wildman–Crippen LogP) is 6.19. The summed E-state index contributed by atoms with van der Waals surface area (Å²) >= 11 is 0. The number of nitrogens with zero attached hydrogens (tertiary/aromatic N) is 2. The SMILES string of the molecule is Cc1cc2c(c(C(C)C)n1)c(=O)cc(Nc1ccccc1)n2-c1ccccc1.O=C(O)C(F)(F)F. The zero-order chi connectivity index (χ0) is 25.8. The van der Waals surface area contributed by atoms with E-state index in [-0.39, 0.29) is 11.3 Å². The summed E-state index contributed by atoms with van der Waals surface area (Å²) in [6, 6.07) is 23.6. The molecule has 0 bridgehead atoms. The molecule has 2 N–H and O–H groups in total. The Labute approximate surface area is 199 Å². The molecule has 6 nitrogen and oxygen atoms in total. The van der Waals surface area contributed by atoms with Gasteiger partial charge in [-0.05, 0) is 43.2 Å². The molecule has 9 heteroatoms. The van der Waals surface area contributed by atoms with E-state index < -0.39 is 12.1 Å². The number of para-hydroxylation sites is 2. The Morgan fingerprint density at radius 2 is 1.54 bits per heavy atom. The molecule has 0 aliphatic carbocycles. The molecule has 0 unspecified atom stereocenters. The van der Waals surface area contributed by atoms with Gasteiger partial charge in [0, 0.05) is 23.1 Å². The third-order valence-electron chi connectivity index (χ3n) is 5.00. The van der Waals surface area contributed by atoms with Gasteiger partial charge in [0.25, 0.3) is 0 Å². The minimum absolute atomic E-state index is 0.0168. The summed E-state index contributed by atoms with van der Waals surface area (Å²) in [6.07, 6.45) is -5.08. The topological polar surface area (TPSA) is 84.2 Å². The number of benzene rings is 2. The number of anilines is 2. The number of halogens is 3. The second kappa shape index (κ2) is 10.4. The Kier molecular flexibility index (Phi) is 7.58. The maximum absolute atomic E-state index is 13.1. The maximum Gasteiger partial charge on any atom is 0.490 e. The van der Waals surface area contributed by atoms with E-state index >= 15 is 0 Å². The summed E-state index contributed by atoms with van der Waals surface area (Å²) in [5.74, 6) is -1.87. The van der Waals surface area contributed by atoms with Crippen LogP contribution in [0.15, 0.2) is 77.6 Å². The number of alkyl halides is 3. The Morgan fingerprint density at radius 3 is 2.06 bits per heavy atom. The third-order valence-corrected chi connectivity index (χ3v) is 5.00. The van der Waals surface area contributed by atoms with Crippen molar-refractivity contribution in [1.29, 1.82) is 0 Å². The first-order valence-electron chi connectivity index (χ1n) is 10.7. The van der Waals surface area contributed by atoms with Gasteiger partial charge in [-0.15, -0.1) is 0 Å². The molecule has 0 amide bonds. The van der Waals surface area contributed by atoms with Crippen LogP contribution < -0.4 is 10.7 Å². The van der Waals surface area contributed by atoms with E-state index in [0.717, 1.165) is 34.1 Å². The predicted molar refractivity (Wildman–Crippen MR) is 130 cm³/mol. The van der Waals surface area contributed by atoms with E-state index in [4.69, 9.17) is 9.90 Å². The van der Waals surface area contributed by atoms with Crippen LogP contribution in [-0.4, -0.2) is 26.8 Å². The molecule has 4 aromatic rings. The van der Waals surface area contributed by atoms with Crippen LogP contribution in [0.25, 0.3) is 16.6 Å². The lowest BCUT2D eigenvalue weighted by molar-refractivity contribution is -0.192. The molecule has 35 heavy (non-hydrogen) atoms. The highest BCUT2D eigenvalue weighted by atomic mass is 19.4. The maximum atomic E-state index is 13.1. The van der Waals surface area contributed by atoms with Crippen molar-refractivity contribution in [2.45, 2.75) is 32.9 Å². The van der Waals surface area contributed by atoms with Crippen LogP contribution in [0.4, 0.5) is 24.7 Å². The molecule has 0 saturated heterocycles. The van der Waals surface area contributed by atoms with Crippen molar-refractivity contribution in [2.24, 2.45) is 0 Å². The summed E-state index contributed by atoms with van der Waals surface area (Å²) in [5.41, 5.74) is 4.52. The Balaban J connectivity index is 0.000000429. The molecule has 182 valence electrons. The van der Waals surface area contributed by atoms with Gasteiger partial charge in [-0.1, -0.05) is 50.2 Å². The summed E-state index contributed by atoms with van der Waals surface area (Å²) in [5, 5.41) is 11.2. The van der Waals surface area contributed by atoms with Gasteiger partial charge < -0.3 is 10.4 Å². The van der Waals surface area contributed by atoms with Gasteiger partial charge in [0.1, 0.15) is 5.82 Å². The summed E-state index contributed by atoms with van der Waals surface area (Å²) in [4.78, 5) is 26.7. The second-order valence-electron chi connectivity index (χ2n) is 8.06. The number of carboxylic acids is 1. The lowest BCUT2D eigenvalue weighted by atomic mass is 10.0. The molecule has 2 aromatic carbocycles. The van der Waals surface area contributed by atoms with Gasteiger partial charge >= 0.3 is 12.1 Å². The molecule has 2 aromatic heterocycles. The molecule has 2 heterocycles. The fraction of sp³-hybridized carbons (Fsp3) is 0.192. The normalized spacial score (nSPS) is 11.2. The minimum atomic E-state index is -5.08. The molecule has 0 aliphatic rings. The number of nitrogens with one attached hydrogen (secondary N) is 1. The zero-order valence-corrected chi connectivity index (χ0v) is 19.3. The lowest BCUT2D eigenvalue weighted by Crippen LogP contribution is -2.21. The van der Waals surface area contributed by atoms with Crippen LogP contribution >= 0.6 is 0 Å². The van der Waals surface area contributed by atoms with Crippen molar-refractivity contribution in [2.75, 3.05) is 5.32 Å². The number of pyridine rings is 2. The molecule has 0 fully saturated rings. The fourth-order valence-electron chi connectivity index (χ4n) is 3.53. The number of aryl methyl sites for hydroxylation is 1. The zero-order valence-electron chi connectivity index (χ0n) is 19.3. The Hall–Kier alpha value is -4.14. The van der Waals surface area contributed by atoms with Crippen LogP contribution in [0.3, 0.4) is 0 Å². The first-order valence-corrected chi connectivity index (χ1v) is 10.7. The average molecular weight is 483 g/mol. The number of hydrogen-bond acceptors (Lipinski definition) is 4. The average Bonchev–Trinajstić information content (AvgIpc) is 2.79. The summed E-state index contributed by atoms with van der Waals surface area (Å²) < 4.78 is 33.8. The lowest BCUT2D eigenvalue weighted by Gasteiger charge is -2.20. The first-order chi connectivity index (χ1) is 16.5. The van der Waals surface area contributed by atoms with Gasteiger partial charge in [-0.3, -0.25) is 14.3 Å². The van der Waals surface area contributed by atoms with Crippen LogP contribution in [0.2, 0.25) is 0 Å². The minimum Gasteiger partial charge on any atom is -0.475 e. The van der Waals surface area contributed by atoms with Crippen LogP contribution in [-0.2, 0) is 4.79 Å². The van der Waals surface area contributed by atoms with E-state index in [0.29, 0.717) is 5.39 Å². The van der Waals surface area contributed by atoms with E-state index in [2.05, 4.69) is 28.7 Å². The highest BCUT2D eigenvalue weighted by molar-refractivity contribution is 5.86. The second-order valence-corrected chi connectivity index (χ2v) is 8.06. The quantitative estimate of drug-likeness (QED) is 0.361. The van der Waals surface area contributed by atoms with Crippen molar-refractivity contribution >= 4 is 28.4 Å². The highest BCUT2D eigenvalue weighted by Crippen LogP contribution is 2.29. The van der Waals surface area contributed by atoms with Gasteiger partial charge in [-0.25, -0.2) is 4.79 Å². The molecule has 0 aliphatic heterocycles. The number of carbonyl (C=O) groups is 1. The van der Waals surface area contributed by atoms with Crippen molar-refractivity contribution in [3.8, 4) is 5.69 Å². The van der Waals surface area contributed by atoms with Gasteiger partial charge in [0.15, 0.2) is 5.43 Å². The fourth-order valence-corrected chi connectivity index (χ4v) is 3.53. The van der Waals surface area contributed by atoms with Gasteiger partial charge in [0.05, 0.1) is 16.6 Å². The van der Waals surface area contributed by atoms with E-state index in [1.165, 1.54) is 0 Å². The largest absolute Gasteiger partial charge is 0.490 e. The Morgan fingerprint density at radius 1 is 1.00 bits per heavy atom. The number of aliphatic carboxylic acids is 1. The Bertz CT molecular complexity index is 1380. The standard InChI is InChI=1S/C24H23N3O.C2HF3O2/c1-16(2)24-23-20(14-17(3)25-24)27(19-12-8-5-9-13-19)22(15-21(23)28)26-18-10-6-4-7-11-18;3-2(4,5)1(6)7/h4-16,26H,1-3H3;(H,6,7). The number of aromatic nitrogens is 2. The van der Waals surface area contributed by atoms with Crippen molar-refractivity contribution in [1.82, 2.24) is 9.55 Å². The van der Waals surface area contributed by atoms with Gasteiger partial charge in [-0.2, -0.15) is 13.2 Å². The van der Waals surface area contributed by atoms with Gasteiger partial charge in [0.2, 0.25) is 0 Å². The number of hydrogen-bond donors (Lipinski definition) is 2. The molecule has 0 radical (unpaired) electrons. The highest BCUT2D eigenvalue weighted by Gasteiger charge is 2.38. The summed E-state index contributed by atoms with van der Waals surface area (Å²) in [7, 11) is 0. The van der Waals surface area contributed by atoms with Crippen LogP contribution in [0, 0.1) is 6.92 Å². The summed E-state index contributed by atoms with van der Waals surface area (Å²) in [6.45, 7) is 6.12. The van der Waals surface area contributed by atoms with Crippen molar-refractivity contribution in [3.05, 3.63) is 94.4 Å². The van der Waals surface area contributed by atoms with E-state index in [1.54, 1.807) is 6.07 Å². The molecule has 0 atom stereocenters. The van der Waals surface area contributed by atoms with Crippen LogP contribution in [0.5, 0.6) is 0 Å². The molecular formula is C26H24F3N3O3. The molecular weight excluding hydrogens is 459 g/mol. The van der Waals surface area contributed by atoms with Crippen molar-refractivity contribution in [3.63, 3.8) is 0 Å². The first kappa shape index (κ1) is 25.5. The number of rotatable bonds is 4. The van der Waals surface area contributed by atoms with Crippen molar-refractivity contribution < 1.29 is 23.1 Å². The molecule has 0 spiro atoms. The number of carboxylic acid groups (broad SMARTS) is 1. The smallest absolute Gasteiger partial charge is 0.475 e.